The number of rotatable bonds is 4. The van der Waals surface area contributed by atoms with Crippen LogP contribution in [0.25, 0.3) is 0 Å². The molecule has 2 N–H and O–H groups in total. The van der Waals surface area contributed by atoms with Crippen molar-refractivity contribution >= 4 is 21.4 Å². The molecule has 1 fully saturated rings. The first-order chi connectivity index (χ1) is 8.12. The van der Waals surface area contributed by atoms with Gasteiger partial charge < -0.3 is 9.84 Å². The van der Waals surface area contributed by atoms with Crippen LogP contribution in [0.5, 0.6) is 0 Å². The zero-order chi connectivity index (χ0) is 12.3. The first kappa shape index (κ1) is 13.0. The van der Waals surface area contributed by atoms with Gasteiger partial charge >= 0.3 is 0 Å². The van der Waals surface area contributed by atoms with E-state index in [-0.39, 0.29) is 16.9 Å². The first-order valence-electron chi connectivity index (χ1n) is 5.40. The zero-order valence-corrected chi connectivity index (χ0v) is 10.9. The lowest BCUT2D eigenvalue weighted by molar-refractivity contribution is 0.0774. The lowest BCUT2D eigenvalue weighted by Crippen LogP contribution is -2.40. The van der Waals surface area contributed by atoms with E-state index in [2.05, 4.69) is 4.72 Å². The maximum absolute atomic E-state index is 12.0. The molecule has 0 radical (unpaired) electrons. The van der Waals surface area contributed by atoms with Gasteiger partial charge in [-0.05, 0) is 29.9 Å². The van der Waals surface area contributed by atoms with Crippen molar-refractivity contribution in [1.82, 2.24) is 4.72 Å². The quantitative estimate of drug-likeness (QED) is 0.849. The largest absolute Gasteiger partial charge is 0.392 e. The molecule has 2 heterocycles. The molecule has 7 heteroatoms. The topological polar surface area (TPSA) is 75.6 Å². The number of ether oxygens (including phenoxy) is 1. The summed E-state index contributed by atoms with van der Waals surface area (Å²) in [5, 5.41) is 10.6. The summed E-state index contributed by atoms with van der Waals surface area (Å²) >= 11 is 1.12. The Morgan fingerprint density at radius 1 is 1.59 bits per heavy atom. The summed E-state index contributed by atoms with van der Waals surface area (Å²) in [6, 6.07) is 1.35. The lowest BCUT2D eigenvalue weighted by Gasteiger charge is -2.22. The van der Waals surface area contributed by atoms with Gasteiger partial charge in [0, 0.05) is 12.6 Å². The summed E-state index contributed by atoms with van der Waals surface area (Å²) in [6.45, 7) is 0.988. The predicted molar refractivity (Wildman–Crippen MR) is 64.4 cm³/mol. The Morgan fingerprint density at radius 2 is 2.41 bits per heavy atom. The third-order valence-electron chi connectivity index (χ3n) is 2.56. The molecular formula is C10H15NO4S2. The highest BCUT2D eigenvalue weighted by atomic mass is 32.2. The Hall–Kier alpha value is -0.470. The molecule has 0 aliphatic carbocycles. The van der Waals surface area contributed by atoms with Crippen molar-refractivity contribution in [3.8, 4) is 0 Å². The molecule has 2 rings (SSSR count). The molecule has 0 aromatic carbocycles. The van der Waals surface area contributed by atoms with Gasteiger partial charge in [0.05, 0.1) is 13.2 Å². The molecule has 5 nitrogen and oxygen atoms in total. The molecule has 0 saturated carbocycles. The van der Waals surface area contributed by atoms with Crippen molar-refractivity contribution in [2.75, 3.05) is 13.2 Å². The highest BCUT2D eigenvalue weighted by Gasteiger charge is 2.23. The van der Waals surface area contributed by atoms with E-state index in [0.717, 1.165) is 24.2 Å². The van der Waals surface area contributed by atoms with Crippen molar-refractivity contribution in [1.29, 1.82) is 0 Å². The third kappa shape index (κ3) is 3.26. The zero-order valence-electron chi connectivity index (χ0n) is 9.26. The van der Waals surface area contributed by atoms with E-state index in [1.807, 2.05) is 0 Å². The monoisotopic (exact) mass is 277 g/mol. The minimum Gasteiger partial charge on any atom is -0.392 e. The van der Waals surface area contributed by atoms with Crippen LogP contribution in [-0.2, 0) is 21.4 Å². The van der Waals surface area contributed by atoms with Crippen molar-refractivity contribution in [3.05, 3.63) is 17.0 Å². The number of sulfonamides is 1. The van der Waals surface area contributed by atoms with Crippen molar-refractivity contribution in [2.45, 2.75) is 29.7 Å². The molecule has 1 atom stereocenters. The molecule has 17 heavy (non-hydrogen) atoms. The normalized spacial score (nSPS) is 21.6. The number of aliphatic hydroxyl groups is 1. The molecule has 0 bridgehead atoms. The molecule has 1 saturated heterocycles. The maximum Gasteiger partial charge on any atom is 0.250 e. The van der Waals surface area contributed by atoms with Gasteiger partial charge in [0.1, 0.15) is 4.21 Å². The van der Waals surface area contributed by atoms with Crippen molar-refractivity contribution < 1.29 is 18.3 Å². The fraction of sp³-hybridized carbons (Fsp3) is 0.600. The van der Waals surface area contributed by atoms with Crippen LogP contribution in [0.2, 0.25) is 0 Å². The van der Waals surface area contributed by atoms with Gasteiger partial charge in [-0.2, -0.15) is 0 Å². The predicted octanol–water partition coefficient (Wildman–Crippen LogP) is 0.698. The number of thiophene rings is 1. The second-order valence-electron chi connectivity index (χ2n) is 3.97. The first-order valence-corrected chi connectivity index (χ1v) is 7.76. The average molecular weight is 277 g/mol. The maximum atomic E-state index is 12.0. The van der Waals surface area contributed by atoms with Gasteiger partial charge in [-0.3, -0.25) is 0 Å². The van der Waals surface area contributed by atoms with Crippen LogP contribution in [-0.4, -0.2) is 32.8 Å². The standard InChI is InChI=1S/C10H15NO4S2/c12-5-8-4-10(16-7-8)17(13,14)11-9-2-1-3-15-6-9/h4,7,9,11-12H,1-3,5-6H2. The highest BCUT2D eigenvalue weighted by molar-refractivity contribution is 7.91. The molecule has 96 valence electrons. The van der Waals surface area contributed by atoms with E-state index in [9.17, 15) is 8.42 Å². The Kier molecular flexibility index (Phi) is 4.16. The minimum absolute atomic E-state index is 0.140. The van der Waals surface area contributed by atoms with E-state index >= 15 is 0 Å². The summed E-state index contributed by atoms with van der Waals surface area (Å²) in [7, 11) is -3.47. The lowest BCUT2D eigenvalue weighted by atomic mass is 10.1. The molecule has 1 aliphatic rings. The van der Waals surface area contributed by atoms with Gasteiger partial charge in [0.2, 0.25) is 10.0 Å². The Balaban J connectivity index is 2.07. The number of hydrogen-bond donors (Lipinski definition) is 2. The third-order valence-corrected chi connectivity index (χ3v) is 5.57. The fourth-order valence-electron chi connectivity index (χ4n) is 1.69. The summed E-state index contributed by atoms with van der Waals surface area (Å²) in [5.41, 5.74) is 0.621. The highest BCUT2D eigenvalue weighted by Crippen LogP contribution is 2.21. The Morgan fingerprint density at radius 3 is 3.00 bits per heavy atom. The SMILES string of the molecule is O=S(=O)(NC1CCCOC1)c1cc(CO)cs1. The van der Waals surface area contributed by atoms with Gasteiger partial charge in [0.25, 0.3) is 0 Å². The molecule has 1 aromatic rings. The van der Waals surface area contributed by atoms with E-state index < -0.39 is 10.0 Å². The van der Waals surface area contributed by atoms with E-state index in [4.69, 9.17) is 9.84 Å². The summed E-state index contributed by atoms with van der Waals surface area (Å²) in [6.07, 6.45) is 1.68. The minimum atomic E-state index is -3.47. The van der Waals surface area contributed by atoms with Crippen LogP contribution in [0.4, 0.5) is 0 Å². The van der Waals surface area contributed by atoms with E-state index in [0.29, 0.717) is 18.8 Å². The summed E-state index contributed by atoms with van der Waals surface area (Å²) in [4.78, 5) is 0. The second-order valence-corrected chi connectivity index (χ2v) is 6.82. The average Bonchev–Trinajstić information content (AvgIpc) is 2.79. The van der Waals surface area contributed by atoms with Crippen LogP contribution >= 0.6 is 11.3 Å². The second kappa shape index (κ2) is 5.45. The van der Waals surface area contributed by atoms with Crippen LogP contribution in [0.3, 0.4) is 0 Å². The number of aliphatic hydroxyl groups excluding tert-OH is 1. The molecular weight excluding hydrogens is 262 g/mol. The Labute approximate surface area is 104 Å². The number of hydrogen-bond acceptors (Lipinski definition) is 5. The summed E-state index contributed by atoms with van der Waals surface area (Å²) < 4.78 is 32.1. The smallest absolute Gasteiger partial charge is 0.250 e. The van der Waals surface area contributed by atoms with Crippen molar-refractivity contribution in [2.24, 2.45) is 0 Å². The molecule has 0 amide bonds. The van der Waals surface area contributed by atoms with Crippen LogP contribution < -0.4 is 4.72 Å². The van der Waals surface area contributed by atoms with Crippen LogP contribution in [0, 0.1) is 0 Å². The molecule has 0 spiro atoms. The molecule has 1 aromatic heterocycles. The van der Waals surface area contributed by atoms with Crippen molar-refractivity contribution in [3.63, 3.8) is 0 Å². The molecule has 1 aliphatic heterocycles. The Bertz CT molecular complexity index is 462. The number of nitrogens with one attached hydrogen (secondary N) is 1. The van der Waals surface area contributed by atoms with Gasteiger partial charge in [-0.1, -0.05) is 0 Å². The van der Waals surface area contributed by atoms with E-state index in [1.54, 1.807) is 5.38 Å². The van der Waals surface area contributed by atoms with Crippen LogP contribution in [0.15, 0.2) is 15.7 Å². The summed E-state index contributed by atoms with van der Waals surface area (Å²) in [5.74, 6) is 0. The van der Waals surface area contributed by atoms with Gasteiger partial charge in [-0.25, -0.2) is 13.1 Å². The molecule has 1 unspecified atom stereocenters. The fourth-order valence-corrected chi connectivity index (χ4v) is 4.16. The van der Waals surface area contributed by atoms with Gasteiger partial charge in [-0.15, -0.1) is 11.3 Å². The van der Waals surface area contributed by atoms with Crippen LogP contribution in [0.1, 0.15) is 18.4 Å². The van der Waals surface area contributed by atoms with E-state index in [1.165, 1.54) is 6.07 Å². The van der Waals surface area contributed by atoms with Gasteiger partial charge in [0.15, 0.2) is 0 Å².